The second-order valence-corrected chi connectivity index (χ2v) is 5.02. The fourth-order valence-corrected chi connectivity index (χ4v) is 2.40. The Kier molecular flexibility index (Phi) is 6.00. The summed E-state index contributed by atoms with van der Waals surface area (Å²) in [5, 5.41) is 3.63. The van der Waals surface area contributed by atoms with Gasteiger partial charge in [0.15, 0.2) is 0 Å². The van der Waals surface area contributed by atoms with Gasteiger partial charge >= 0.3 is 0 Å². The zero-order chi connectivity index (χ0) is 11.0. The molecule has 0 spiro atoms. The van der Waals surface area contributed by atoms with Gasteiger partial charge in [-0.1, -0.05) is 25.8 Å². The van der Waals surface area contributed by atoms with E-state index in [0.29, 0.717) is 5.41 Å². The molecule has 0 aliphatic heterocycles. The average molecular weight is 209 g/mol. The monoisotopic (exact) mass is 209 g/mol. The topological polar surface area (TPSA) is 12.0 Å². The van der Waals surface area contributed by atoms with E-state index in [-0.39, 0.29) is 0 Å². The minimum atomic E-state index is 0.682. The summed E-state index contributed by atoms with van der Waals surface area (Å²) in [6.45, 7) is 8.54. The third-order valence-electron chi connectivity index (χ3n) is 3.93. The highest BCUT2D eigenvalue weighted by molar-refractivity contribution is 4.88. The molecule has 1 rings (SSSR count). The average Bonchev–Trinajstić information content (AvgIpc) is 2.20. The van der Waals surface area contributed by atoms with E-state index in [0.717, 1.165) is 0 Å². The van der Waals surface area contributed by atoms with Gasteiger partial charge in [-0.2, -0.15) is 0 Å². The van der Waals surface area contributed by atoms with E-state index in [1.807, 2.05) is 6.08 Å². The number of rotatable bonds is 9. The molecule has 88 valence electrons. The number of hydrogen-bond acceptors (Lipinski definition) is 1. The van der Waals surface area contributed by atoms with E-state index in [1.54, 1.807) is 0 Å². The first-order valence-electron chi connectivity index (χ1n) is 6.64. The molecule has 15 heavy (non-hydrogen) atoms. The summed E-state index contributed by atoms with van der Waals surface area (Å²) in [5.74, 6) is 0. The molecule has 1 N–H and O–H groups in total. The molecular weight excluding hydrogens is 182 g/mol. The summed E-state index contributed by atoms with van der Waals surface area (Å²) >= 11 is 0. The zero-order valence-corrected chi connectivity index (χ0v) is 10.4. The van der Waals surface area contributed by atoms with Crippen LogP contribution < -0.4 is 5.32 Å². The fourth-order valence-electron chi connectivity index (χ4n) is 2.40. The Morgan fingerprint density at radius 2 is 2.07 bits per heavy atom. The maximum absolute atomic E-state index is 3.74. The van der Waals surface area contributed by atoms with Crippen LogP contribution in [0.15, 0.2) is 12.7 Å². The van der Waals surface area contributed by atoms with Gasteiger partial charge in [0.1, 0.15) is 0 Å². The molecular formula is C14H27N. The standard InChI is InChI=1S/C14H27N/c1-3-5-6-7-8-12-15-13-14(4-2)10-9-11-14/h3,15H,1,4-13H2,2H3. The summed E-state index contributed by atoms with van der Waals surface area (Å²) in [4.78, 5) is 0. The van der Waals surface area contributed by atoms with Crippen molar-refractivity contribution in [2.24, 2.45) is 5.41 Å². The number of nitrogens with one attached hydrogen (secondary N) is 1. The van der Waals surface area contributed by atoms with Gasteiger partial charge in [-0.15, -0.1) is 6.58 Å². The quantitative estimate of drug-likeness (QED) is 0.448. The first-order chi connectivity index (χ1) is 7.33. The number of unbranched alkanes of at least 4 members (excludes halogenated alkanes) is 3. The van der Waals surface area contributed by atoms with Gasteiger partial charge in [-0.25, -0.2) is 0 Å². The van der Waals surface area contributed by atoms with Crippen molar-refractivity contribution < 1.29 is 0 Å². The lowest BCUT2D eigenvalue weighted by Crippen LogP contribution is -2.39. The van der Waals surface area contributed by atoms with E-state index in [1.165, 1.54) is 64.5 Å². The predicted octanol–water partition coefficient (Wildman–Crippen LogP) is 3.90. The van der Waals surface area contributed by atoms with Crippen molar-refractivity contribution in [1.82, 2.24) is 5.32 Å². The molecule has 0 unspecified atom stereocenters. The summed E-state index contributed by atoms with van der Waals surface area (Å²) in [5.41, 5.74) is 0.682. The minimum Gasteiger partial charge on any atom is -0.316 e. The van der Waals surface area contributed by atoms with Crippen molar-refractivity contribution in [2.75, 3.05) is 13.1 Å². The van der Waals surface area contributed by atoms with Gasteiger partial charge in [0, 0.05) is 6.54 Å². The van der Waals surface area contributed by atoms with Crippen molar-refractivity contribution in [3.05, 3.63) is 12.7 Å². The number of hydrogen-bond donors (Lipinski definition) is 1. The molecule has 0 heterocycles. The van der Waals surface area contributed by atoms with Crippen LogP contribution in [0.5, 0.6) is 0 Å². The molecule has 1 aliphatic rings. The van der Waals surface area contributed by atoms with Crippen LogP contribution in [0.2, 0.25) is 0 Å². The predicted molar refractivity (Wildman–Crippen MR) is 68.1 cm³/mol. The van der Waals surface area contributed by atoms with Crippen LogP contribution in [0, 0.1) is 5.41 Å². The van der Waals surface area contributed by atoms with Crippen molar-refractivity contribution in [3.63, 3.8) is 0 Å². The second-order valence-electron chi connectivity index (χ2n) is 5.02. The van der Waals surface area contributed by atoms with Crippen molar-refractivity contribution in [1.29, 1.82) is 0 Å². The van der Waals surface area contributed by atoms with E-state index in [4.69, 9.17) is 0 Å². The maximum atomic E-state index is 3.74. The molecule has 1 saturated carbocycles. The molecule has 1 aliphatic carbocycles. The van der Waals surface area contributed by atoms with Crippen molar-refractivity contribution >= 4 is 0 Å². The Morgan fingerprint density at radius 1 is 1.27 bits per heavy atom. The van der Waals surface area contributed by atoms with E-state index < -0.39 is 0 Å². The first kappa shape index (κ1) is 12.8. The molecule has 0 aromatic rings. The largest absolute Gasteiger partial charge is 0.316 e. The van der Waals surface area contributed by atoms with Gasteiger partial charge in [0.2, 0.25) is 0 Å². The first-order valence-corrected chi connectivity index (χ1v) is 6.64. The van der Waals surface area contributed by atoms with Gasteiger partial charge in [0.25, 0.3) is 0 Å². The van der Waals surface area contributed by atoms with E-state index >= 15 is 0 Å². The molecule has 0 atom stereocenters. The summed E-state index contributed by atoms with van der Waals surface area (Å²) in [6.07, 6.45) is 12.9. The Hall–Kier alpha value is -0.300. The van der Waals surface area contributed by atoms with Crippen LogP contribution in [0.4, 0.5) is 0 Å². The Morgan fingerprint density at radius 3 is 2.60 bits per heavy atom. The highest BCUT2D eigenvalue weighted by Crippen LogP contribution is 2.42. The van der Waals surface area contributed by atoms with Gasteiger partial charge in [0.05, 0.1) is 0 Å². The third kappa shape index (κ3) is 4.38. The second kappa shape index (κ2) is 7.05. The smallest absolute Gasteiger partial charge is 0.000770 e. The summed E-state index contributed by atoms with van der Waals surface area (Å²) in [7, 11) is 0. The minimum absolute atomic E-state index is 0.682. The molecule has 0 saturated heterocycles. The fraction of sp³-hybridized carbons (Fsp3) is 0.857. The Labute approximate surface area is 95.3 Å². The Balaban J connectivity index is 1.90. The highest BCUT2D eigenvalue weighted by atomic mass is 14.9. The lowest BCUT2D eigenvalue weighted by Gasteiger charge is -2.41. The molecule has 0 aromatic carbocycles. The van der Waals surface area contributed by atoms with Crippen LogP contribution in [0.3, 0.4) is 0 Å². The maximum Gasteiger partial charge on any atom is 0.000770 e. The molecule has 0 aromatic heterocycles. The van der Waals surface area contributed by atoms with E-state index in [2.05, 4.69) is 18.8 Å². The van der Waals surface area contributed by atoms with Crippen molar-refractivity contribution in [3.8, 4) is 0 Å². The third-order valence-corrected chi connectivity index (χ3v) is 3.93. The molecule has 0 radical (unpaired) electrons. The normalized spacial score (nSPS) is 18.5. The molecule has 1 heteroatoms. The van der Waals surface area contributed by atoms with Gasteiger partial charge in [-0.05, 0) is 50.5 Å². The summed E-state index contributed by atoms with van der Waals surface area (Å²) in [6, 6.07) is 0. The van der Waals surface area contributed by atoms with E-state index in [9.17, 15) is 0 Å². The van der Waals surface area contributed by atoms with Gasteiger partial charge in [-0.3, -0.25) is 0 Å². The molecule has 0 bridgehead atoms. The molecule has 0 amide bonds. The lowest BCUT2D eigenvalue weighted by molar-refractivity contribution is 0.124. The van der Waals surface area contributed by atoms with Crippen LogP contribution >= 0.6 is 0 Å². The molecule has 1 fully saturated rings. The van der Waals surface area contributed by atoms with Crippen LogP contribution in [-0.2, 0) is 0 Å². The molecule has 1 nitrogen and oxygen atoms in total. The van der Waals surface area contributed by atoms with Crippen LogP contribution in [-0.4, -0.2) is 13.1 Å². The van der Waals surface area contributed by atoms with Crippen molar-refractivity contribution in [2.45, 2.75) is 58.3 Å². The van der Waals surface area contributed by atoms with Gasteiger partial charge < -0.3 is 5.32 Å². The van der Waals surface area contributed by atoms with Crippen LogP contribution in [0.25, 0.3) is 0 Å². The zero-order valence-electron chi connectivity index (χ0n) is 10.4. The Bertz CT molecular complexity index is 165. The summed E-state index contributed by atoms with van der Waals surface area (Å²) < 4.78 is 0. The SMILES string of the molecule is C=CCCCCCNCC1(CC)CCC1. The number of allylic oxidation sites excluding steroid dienone is 1. The van der Waals surface area contributed by atoms with Crippen LogP contribution in [0.1, 0.15) is 58.3 Å². The lowest BCUT2D eigenvalue weighted by atomic mass is 9.67. The highest BCUT2D eigenvalue weighted by Gasteiger charge is 2.34.